The number of nitrogens with zero attached hydrogens (tertiary/aromatic N) is 1. The van der Waals surface area contributed by atoms with Crippen molar-refractivity contribution in [2.45, 2.75) is 32.4 Å². The van der Waals surface area contributed by atoms with E-state index in [4.69, 9.17) is 0 Å². The monoisotopic (exact) mass is 289 g/mol. The van der Waals surface area contributed by atoms with Gasteiger partial charge in [-0.2, -0.15) is 0 Å². The average molecular weight is 289 g/mol. The highest BCUT2D eigenvalue weighted by Crippen LogP contribution is 2.28. The van der Waals surface area contributed by atoms with Gasteiger partial charge in [-0.25, -0.2) is 4.79 Å². The van der Waals surface area contributed by atoms with Crippen LogP contribution >= 0.6 is 0 Å². The maximum absolute atomic E-state index is 12.5. The van der Waals surface area contributed by atoms with Gasteiger partial charge in [0.15, 0.2) is 0 Å². The average Bonchev–Trinajstić information content (AvgIpc) is 2.64. The molecule has 0 aromatic heterocycles. The number of amides is 4. The number of urea groups is 1. The van der Waals surface area contributed by atoms with Crippen molar-refractivity contribution in [3.63, 3.8) is 0 Å². The first-order chi connectivity index (χ1) is 9.84. The smallest absolute Gasteiger partial charge is 0.325 e. The Morgan fingerprint density at radius 3 is 2.48 bits per heavy atom. The third kappa shape index (κ3) is 2.89. The molecule has 21 heavy (non-hydrogen) atoms. The van der Waals surface area contributed by atoms with E-state index < -0.39 is 17.5 Å². The molecule has 1 aliphatic rings. The van der Waals surface area contributed by atoms with Gasteiger partial charge in [-0.05, 0) is 26.3 Å². The van der Waals surface area contributed by atoms with E-state index in [1.165, 1.54) is 0 Å². The third-order valence-electron chi connectivity index (χ3n) is 3.38. The summed E-state index contributed by atoms with van der Waals surface area (Å²) in [5.74, 6) is -0.775. The molecular formula is C15H19N3O3. The van der Waals surface area contributed by atoms with Crippen molar-refractivity contribution >= 4 is 17.8 Å². The molecule has 4 amide bonds. The van der Waals surface area contributed by atoms with Crippen LogP contribution in [0.4, 0.5) is 4.79 Å². The molecule has 1 fully saturated rings. The van der Waals surface area contributed by atoms with Crippen molar-refractivity contribution in [1.29, 1.82) is 0 Å². The Balaban J connectivity index is 2.19. The van der Waals surface area contributed by atoms with E-state index in [1.807, 2.05) is 19.9 Å². The van der Waals surface area contributed by atoms with E-state index in [-0.39, 0.29) is 18.5 Å². The Morgan fingerprint density at radius 2 is 1.90 bits per heavy atom. The van der Waals surface area contributed by atoms with Crippen LogP contribution in [-0.4, -0.2) is 35.3 Å². The van der Waals surface area contributed by atoms with Crippen LogP contribution < -0.4 is 10.6 Å². The van der Waals surface area contributed by atoms with Crippen LogP contribution in [0.15, 0.2) is 30.3 Å². The van der Waals surface area contributed by atoms with Crippen LogP contribution in [0.3, 0.4) is 0 Å². The van der Waals surface area contributed by atoms with Gasteiger partial charge in [-0.1, -0.05) is 30.3 Å². The van der Waals surface area contributed by atoms with Crippen molar-refractivity contribution in [2.75, 3.05) is 6.54 Å². The van der Waals surface area contributed by atoms with E-state index in [2.05, 4.69) is 10.6 Å². The summed E-state index contributed by atoms with van der Waals surface area (Å²) in [6, 6.07) is 8.39. The second kappa shape index (κ2) is 5.55. The van der Waals surface area contributed by atoms with Gasteiger partial charge in [0.05, 0.1) is 0 Å². The van der Waals surface area contributed by atoms with Gasteiger partial charge in [0.1, 0.15) is 12.1 Å². The molecule has 1 heterocycles. The summed E-state index contributed by atoms with van der Waals surface area (Å²) in [4.78, 5) is 37.2. The number of nitrogens with one attached hydrogen (secondary N) is 2. The first-order valence-electron chi connectivity index (χ1n) is 6.83. The van der Waals surface area contributed by atoms with Gasteiger partial charge in [0, 0.05) is 6.04 Å². The Morgan fingerprint density at radius 1 is 1.29 bits per heavy atom. The van der Waals surface area contributed by atoms with Gasteiger partial charge in [0.25, 0.3) is 5.91 Å². The molecule has 0 bridgehead atoms. The number of benzene rings is 1. The fraction of sp³-hybridized carbons (Fsp3) is 0.400. The van der Waals surface area contributed by atoms with Gasteiger partial charge < -0.3 is 10.6 Å². The fourth-order valence-corrected chi connectivity index (χ4v) is 2.32. The van der Waals surface area contributed by atoms with Gasteiger partial charge >= 0.3 is 6.03 Å². The maximum Gasteiger partial charge on any atom is 0.325 e. The zero-order valence-electron chi connectivity index (χ0n) is 12.3. The normalized spacial score (nSPS) is 21.6. The minimum atomic E-state index is -1.13. The summed E-state index contributed by atoms with van der Waals surface area (Å²) in [6.07, 6.45) is 0. The lowest BCUT2D eigenvalue weighted by Crippen LogP contribution is -2.44. The molecular weight excluding hydrogens is 270 g/mol. The van der Waals surface area contributed by atoms with E-state index in [0.717, 1.165) is 4.90 Å². The van der Waals surface area contributed by atoms with Crippen molar-refractivity contribution in [3.8, 4) is 0 Å². The molecule has 6 nitrogen and oxygen atoms in total. The molecule has 1 aliphatic heterocycles. The van der Waals surface area contributed by atoms with E-state index in [9.17, 15) is 14.4 Å². The summed E-state index contributed by atoms with van der Waals surface area (Å²) in [7, 11) is 0. The highest BCUT2D eigenvalue weighted by atomic mass is 16.2. The standard InChI is InChI=1S/C15H19N3O3/c1-10(2)16-12(19)9-18-13(20)15(3,17-14(18)21)11-7-5-4-6-8-11/h4-8,10H,9H2,1-3H3,(H,16,19)(H,17,21)/t15-/m1/s1. The van der Waals surface area contributed by atoms with E-state index in [1.54, 1.807) is 31.2 Å². The molecule has 1 saturated heterocycles. The zero-order chi connectivity index (χ0) is 15.6. The summed E-state index contributed by atoms with van der Waals surface area (Å²) < 4.78 is 0. The lowest BCUT2D eigenvalue weighted by Gasteiger charge is -2.22. The van der Waals surface area contributed by atoms with Crippen LogP contribution in [0.25, 0.3) is 0 Å². The second-order valence-electron chi connectivity index (χ2n) is 5.53. The van der Waals surface area contributed by atoms with Crippen LogP contribution in [0.5, 0.6) is 0 Å². The number of carbonyl (C=O) groups excluding carboxylic acids is 3. The Kier molecular flexibility index (Phi) is 3.97. The molecule has 112 valence electrons. The van der Waals surface area contributed by atoms with Crippen LogP contribution in [0.2, 0.25) is 0 Å². The topological polar surface area (TPSA) is 78.5 Å². The van der Waals surface area contributed by atoms with Crippen LogP contribution in [0, 0.1) is 0 Å². The van der Waals surface area contributed by atoms with Crippen molar-refractivity contribution < 1.29 is 14.4 Å². The minimum absolute atomic E-state index is 0.0428. The molecule has 0 aliphatic carbocycles. The fourth-order valence-electron chi connectivity index (χ4n) is 2.32. The minimum Gasteiger partial charge on any atom is -0.352 e. The molecule has 1 aromatic rings. The molecule has 2 N–H and O–H groups in total. The van der Waals surface area contributed by atoms with Crippen molar-refractivity contribution in [3.05, 3.63) is 35.9 Å². The quantitative estimate of drug-likeness (QED) is 0.811. The predicted molar refractivity (Wildman–Crippen MR) is 77.3 cm³/mol. The summed E-state index contributed by atoms with van der Waals surface area (Å²) in [5.41, 5.74) is -0.439. The Bertz CT molecular complexity index is 571. The van der Waals surface area contributed by atoms with Crippen LogP contribution in [0.1, 0.15) is 26.3 Å². The van der Waals surface area contributed by atoms with Gasteiger partial charge in [0.2, 0.25) is 5.91 Å². The highest BCUT2D eigenvalue weighted by molar-refractivity contribution is 6.09. The lowest BCUT2D eigenvalue weighted by molar-refractivity contribution is -0.135. The summed E-state index contributed by atoms with van der Waals surface area (Å²) >= 11 is 0. The zero-order valence-corrected chi connectivity index (χ0v) is 12.3. The molecule has 0 radical (unpaired) electrons. The molecule has 0 spiro atoms. The molecule has 2 rings (SSSR count). The SMILES string of the molecule is CC(C)NC(=O)CN1C(=O)N[C@](C)(c2ccccc2)C1=O. The number of carbonyl (C=O) groups is 3. The summed E-state index contributed by atoms with van der Waals surface area (Å²) in [5, 5.41) is 5.33. The lowest BCUT2D eigenvalue weighted by atomic mass is 9.92. The molecule has 1 atom stereocenters. The van der Waals surface area contributed by atoms with E-state index in [0.29, 0.717) is 5.56 Å². The van der Waals surface area contributed by atoms with Crippen LogP contribution in [-0.2, 0) is 15.1 Å². The Hall–Kier alpha value is -2.37. The largest absolute Gasteiger partial charge is 0.352 e. The Labute approximate surface area is 123 Å². The molecule has 0 saturated carbocycles. The maximum atomic E-state index is 12.5. The second-order valence-corrected chi connectivity index (χ2v) is 5.53. The molecule has 0 unspecified atom stereocenters. The van der Waals surface area contributed by atoms with Crippen molar-refractivity contribution in [2.24, 2.45) is 0 Å². The number of imide groups is 1. The first-order valence-corrected chi connectivity index (χ1v) is 6.83. The third-order valence-corrected chi connectivity index (χ3v) is 3.38. The predicted octanol–water partition coefficient (Wildman–Crippen LogP) is 0.978. The van der Waals surface area contributed by atoms with Gasteiger partial charge in [-0.15, -0.1) is 0 Å². The van der Waals surface area contributed by atoms with E-state index >= 15 is 0 Å². The first kappa shape index (κ1) is 15.0. The number of hydrogen-bond donors (Lipinski definition) is 2. The summed E-state index contributed by atoms with van der Waals surface area (Å²) in [6.45, 7) is 5.00. The number of hydrogen-bond acceptors (Lipinski definition) is 3. The highest BCUT2D eigenvalue weighted by Gasteiger charge is 2.49. The van der Waals surface area contributed by atoms with Crippen molar-refractivity contribution in [1.82, 2.24) is 15.5 Å². The molecule has 6 heteroatoms. The molecule has 1 aromatic carbocycles. The van der Waals surface area contributed by atoms with Gasteiger partial charge in [-0.3, -0.25) is 14.5 Å². The number of rotatable bonds is 4.